The second-order valence-electron chi connectivity index (χ2n) is 7.66. The monoisotopic (exact) mass is 351 g/mol. The lowest BCUT2D eigenvalue weighted by atomic mass is 9.69. The molecule has 2 bridgehead atoms. The zero-order valence-corrected chi connectivity index (χ0v) is 14.7. The van der Waals surface area contributed by atoms with Crippen LogP contribution in [-0.4, -0.2) is 15.3 Å². The molecule has 0 saturated heterocycles. The molecule has 4 rings (SSSR count). The summed E-state index contributed by atoms with van der Waals surface area (Å²) in [6.07, 6.45) is 8.92. The Bertz CT molecular complexity index is 567. The van der Waals surface area contributed by atoms with Gasteiger partial charge in [0.2, 0.25) is 0 Å². The number of nitrogens with zero attached hydrogens (tertiary/aromatic N) is 2. The lowest BCUT2D eigenvalue weighted by molar-refractivity contribution is 0.154. The van der Waals surface area contributed by atoms with Crippen molar-refractivity contribution in [3.8, 4) is 0 Å². The molecule has 21 heavy (non-hydrogen) atoms. The molecule has 3 fully saturated rings. The second-order valence-corrected chi connectivity index (χ2v) is 8.45. The van der Waals surface area contributed by atoms with Gasteiger partial charge in [0.15, 0.2) is 0 Å². The number of halogens is 1. The molecule has 1 heterocycles. The first-order valence-corrected chi connectivity index (χ1v) is 9.32. The standard InChI is InChI=1S/C17H26BrN3/c1-3-14-16(18)15(21(2)20-14)9-17(19)8-10-7-13(17)12-6-4-5-11(10)12/h10-13H,3-9,19H2,1-2H3. The van der Waals surface area contributed by atoms with Crippen molar-refractivity contribution in [1.82, 2.24) is 9.78 Å². The van der Waals surface area contributed by atoms with Gasteiger partial charge in [0.05, 0.1) is 15.9 Å². The Kier molecular flexibility index (Phi) is 3.27. The normalized spacial score (nSPS) is 41.0. The molecule has 5 atom stereocenters. The maximum absolute atomic E-state index is 6.96. The van der Waals surface area contributed by atoms with Gasteiger partial charge in [-0.25, -0.2) is 0 Å². The van der Waals surface area contributed by atoms with Gasteiger partial charge in [-0.1, -0.05) is 13.3 Å². The summed E-state index contributed by atoms with van der Waals surface area (Å²) < 4.78 is 3.25. The highest BCUT2D eigenvalue weighted by Crippen LogP contribution is 2.62. The Labute approximate surface area is 135 Å². The van der Waals surface area contributed by atoms with Gasteiger partial charge in [0.25, 0.3) is 0 Å². The summed E-state index contributed by atoms with van der Waals surface area (Å²) in [5.41, 5.74) is 9.44. The van der Waals surface area contributed by atoms with Crippen LogP contribution in [0.25, 0.3) is 0 Å². The predicted molar refractivity (Wildman–Crippen MR) is 88.0 cm³/mol. The zero-order valence-electron chi connectivity index (χ0n) is 13.1. The molecule has 3 nitrogen and oxygen atoms in total. The Morgan fingerprint density at radius 3 is 2.86 bits per heavy atom. The summed E-state index contributed by atoms with van der Waals surface area (Å²) in [6.45, 7) is 2.16. The van der Waals surface area contributed by atoms with E-state index in [1.54, 1.807) is 0 Å². The smallest absolute Gasteiger partial charge is 0.0766 e. The van der Waals surface area contributed by atoms with Gasteiger partial charge < -0.3 is 5.73 Å². The molecule has 0 amide bonds. The van der Waals surface area contributed by atoms with E-state index in [0.29, 0.717) is 0 Å². The third-order valence-corrected chi connectivity index (χ3v) is 7.60. The number of nitrogens with two attached hydrogens (primary N) is 1. The SMILES string of the molecule is CCc1nn(C)c(CC2(N)CC3CC2C2CCCC32)c1Br. The maximum Gasteiger partial charge on any atom is 0.0766 e. The quantitative estimate of drug-likeness (QED) is 0.906. The second kappa shape index (κ2) is 4.82. The highest BCUT2D eigenvalue weighted by atomic mass is 79.9. The van der Waals surface area contributed by atoms with E-state index < -0.39 is 0 Å². The van der Waals surface area contributed by atoms with E-state index in [4.69, 9.17) is 5.73 Å². The number of hydrogen-bond donors (Lipinski definition) is 1. The van der Waals surface area contributed by atoms with E-state index in [9.17, 15) is 0 Å². The van der Waals surface area contributed by atoms with E-state index in [2.05, 4.69) is 39.7 Å². The van der Waals surface area contributed by atoms with Crippen LogP contribution in [0.4, 0.5) is 0 Å². The Balaban J connectivity index is 1.62. The van der Waals surface area contributed by atoms with Crippen LogP contribution in [-0.2, 0) is 19.9 Å². The highest BCUT2D eigenvalue weighted by Gasteiger charge is 2.59. The minimum atomic E-state index is 0.0114. The fourth-order valence-corrected chi connectivity index (χ4v) is 6.60. The average molecular weight is 352 g/mol. The number of hydrogen-bond acceptors (Lipinski definition) is 2. The van der Waals surface area contributed by atoms with E-state index >= 15 is 0 Å². The first-order valence-electron chi connectivity index (χ1n) is 8.52. The van der Waals surface area contributed by atoms with Gasteiger partial charge in [-0.15, -0.1) is 0 Å². The van der Waals surface area contributed by atoms with Crippen molar-refractivity contribution in [3.05, 3.63) is 15.9 Å². The molecule has 2 N–H and O–H groups in total. The lowest BCUT2D eigenvalue weighted by Gasteiger charge is -2.40. The molecular weight excluding hydrogens is 326 g/mol. The minimum Gasteiger partial charge on any atom is -0.324 e. The molecule has 1 aromatic rings. The van der Waals surface area contributed by atoms with Crippen molar-refractivity contribution in [3.63, 3.8) is 0 Å². The van der Waals surface area contributed by atoms with Gasteiger partial charge in [0, 0.05) is 19.0 Å². The van der Waals surface area contributed by atoms with Crippen LogP contribution >= 0.6 is 15.9 Å². The molecule has 0 aromatic carbocycles. The van der Waals surface area contributed by atoms with E-state index in [0.717, 1.165) is 42.2 Å². The largest absolute Gasteiger partial charge is 0.324 e. The fraction of sp³-hybridized carbons (Fsp3) is 0.824. The Hall–Kier alpha value is -0.350. The van der Waals surface area contributed by atoms with Crippen molar-refractivity contribution in [2.75, 3.05) is 0 Å². The van der Waals surface area contributed by atoms with Crippen molar-refractivity contribution in [2.45, 2.75) is 57.4 Å². The van der Waals surface area contributed by atoms with E-state index in [1.165, 1.54) is 42.3 Å². The molecule has 0 spiro atoms. The molecule has 0 aliphatic heterocycles. The summed E-state index contributed by atoms with van der Waals surface area (Å²) in [7, 11) is 2.06. The number of rotatable bonds is 3. The van der Waals surface area contributed by atoms with Gasteiger partial charge >= 0.3 is 0 Å². The molecule has 4 heteroatoms. The summed E-state index contributed by atoms with van der Waals surface area (Å²) in [6, 6.07) is 0. The molecule has 1 aromatic heterocycles. The third-order valence-electron chi connectivity index (χ3n) is 6.68. The molecule has 3 saturated carbocycles. The first kappa shape index (κ1) is 14.3. The molecule has 116 valence electrons. The predicted octanol–water partition coefficient (Wildman–Crippen LogP) is 3.44. The Morgan fingerprint density at radius 1 is 1.38 bits per heavy atom. The van der Waals surface area contributed by atoms with Crippen molar-refractivity contribution < 1.29 is 0 Å². The molecule has 5 unspecified atom stereocenters. The molecule has 3 aliphatic carbocycles. The van der Waals surface area contributed by atoms with Crippen LogP contribution in [0, 0.1) is 23.7 Å². The summed E-state index contributed by atoms with van der Waals surface area (Å²) in [5, 5.41) is 4.64. The van der Waals surface area contributed by atoms with Crippen molar-refractivity contribution >= 4 is 15.9 Å². The van der Waals surface area contributed by atoms with E-state index in [-0.39, 0.29) is 5.54 Å². The van der Waals surface area contributed by atoms with Crippen LogP contribution in [0.15, 0.2) is 4.47 Å². The summed E-state index contributed by atoms with van der Waals surface area (Å²) in [5.74, 6) is 3.59. The zero-order chi connectivity index (χ0) is 14.8. The number of aryl methyl sites for hydroxylation is 2. The average Bonchev–Trinajstić information content (AvgIpc) is 3.15. The topological polar surface area (TPSA) is 43.8 Å². The van der Waals surface area contributed by atoms with Crippen molar-refractivity contribution in [2.24, 2.45) is 36.5 Å². The third kappa shape index (κ3) is 1.98. The van der Waals surface area contributed by atoms with Crippen LogP contribution in [0.1, 0.15) is 50.4 Å². The Morgan fingerprint density at radius 2 is 2.14 bits per heavy atom. The fourth-order valence-electron chi connectivity index (χ4n) is 5.84. The van der Waals surface area contributed by atoms with Crippen LogP contribution < -0.4 is 5.73 Å². The van der Waals surface area contributed by atoms with Gasteiger partial charge in [-0.05, 0) is 71.7 Å². The highest BCUT2D eigenvalue weighted by molar-refractivity contribution is 9.10. The maximum atomic E-state index is 6.96. The van der Waals surface area contributed by atoms with Gasteiger partial charge in [-0.2, -0.15) is 5.10 Å². The molecule has 3 aliphatic rings. The van der Waals surface area contributed by atoms with Crippen molar-refractivity contribution in [1.29, 1.82) is 0 Å². The van der Waals surface area contributed by atoms with E-state index in [1.807, 2.05) is 0 Å². The number of fused-ring (bicyclic) bond motifs is 5. The van der Waals surface area contributed by atoms with Gasteiger partial charge in [0.1, 0.15) is 0 Å². The van der Waals surface area contributed by atoms with Gasteiger partial charge in [-0.3, -0.25) is 4.68 Å². The lowest BCUT2D eigenvalue weighted by Crippen LogP contribution is -2.51. The van der Waals surface area contributed by atoms with Crippen LogP contribution in [0.2, 0.25) is 0 Å². The number of aromatic nitrogens is 2. The van der Waals surface area contributed by atoms with Crippen LogP contribution in [0.3, 0.4) is 0 Å². The summed E-state index contributed by atoms with van der Waals surface area (Å²) >= 11 is 3.76. The summed E-state index contributed by atoms with van der Waals surface area (Å²) in [4.78, 5) is 0. The molecular formula is C17H26BrN3. The molecule has 0 radical (unpaired) electrons. The minimum absolute atomic E-state index is 0.0114. The van der Waals surface area contributed by atoms with Crippen LogP contribution in [0.5, 0.6) is 0 Å². The first-order chi connectivity index (χ1) is 10.0.